The summed E-state index contributed by atoms with van der Waals surface area (Å²) >= 11 is 0. The molecule has 0 aliphatic heterocycles. The monoisotopic (exact) mass is 243 g/mol. The molecule has 1 unspecified atom stereocenters. The summed E-state index contributed by atoms with van der Waals surface area (Å²) in [6, 6.07) is 0.395. The Balaban J connectivity index is 3.08. The molecule has 0 aliphatic rings. The maximum atomic E-state index is 6.06. The predicted molar refractivity (Wildman–Crippen MR) is 76.3 cm³/mol. The molecule has 0 aromatic rings. The fraction of sp³-hybridized carbons (Fsp3) is 1.00. The third-order valence-corrected chi connectivity index (χ3v) is 3.25. The van der Waals surface area contributed by atoms with Crippen molar-refractivity contribution in [3.05, 3.63) is 0 Å². The van der Waals surface area contributed by atoms with Crippen LogP contribution in [0.4, 0.5) is 0 Å². The van der Waals surface area contributed by atoms with Crippen LogP contribution in [0.1, 0.15) is 78.1 Å². The van der Waals surface area contributed by atoms with Gasteiger partial charge in [0.25, 0.3) is 0 Å². The van der Waals surface area contributed by atoms with Gasteiger partial charge in [0.1, 0.15) is 0 Å². The Hall–Kier alpha value is -0.0800. The number of rotatable bonds is 13. The van der Waals surface area contributed by atoms with Crippen molar-refractivity contribution >= 4 is 0 Å². The summed E-state index contributed by atoms with van der Waals surface area (Å²) in [5, 5.41) is 0. The van der Waals surface area contributed by atoms with Crippen LogP contribution in [0, 0.1) is 0 Å². The molecule has 0 saturated carbocycles. The van der Waals surface area contributed by atoms with E-state index in [0.29, 0.717) is 6.04 Å². The molecule has 0 aliphatic carbocycles. The molecule has 2 nitrogen and oxygen atoms in total. The normalized spacial score (nSPS) is 12.9. The maximum Gasteiger partial charge on any atom is 0.0466 e. The standard InChI is InChI=1S/C15H33NO/c1-3-5-6-7-8-9-10-12-15(16)13-11-14-17-4-2/h15H,3-14,16H2,1-2H3. The van der Waals surface area contributed by atoms with Crippen molar-refractivity contribution in [3.8, 4) is 0 Å². The molecule has 0 heterocycles. The third-order valence-electron chi connectivity index (χ3n) is 3.25. The van der Waals surface area contributed by atoms with E-state index < -0.39 is 0 Å². The largest absolute Gasteiger partial charge is 0.382 e. The molecule has 0 saturated heterocycles. The maximum absolute atomic E-state index is 6.06. The number of hydrogen-bond donors (Lipinski definition) is 1. The molecule has 0 aromatic heterocycles. The van der Waals surface area contributed by atoms with Crippen LogP contribution in [-0.4, -0.2) is 19.3 Å². The number of unbranched alkanes of at least 4 members (excludes halogenated alkanes) is 6. The summed E-state index contributed by atoms with van der Waals surface area (Å²) in [5.41, 5.74) is 6.06. The lowest BCUT2D eigenvalue weighted by Gasteiger charge is -2.11. The van der Waals surface area contributed by atoms with Gasteiger partial charge < -0.3 is 10.5 Å². The van der Waals surface area contributed by atoms with Gasteiger partial charge >= 0.3 is 0 Å². The second-order valence-corrected chi connectivity index (χ2v) is 5.01. The highest BCUT2D eigenvalue weighted by atomic mass is 16.5. The molecule has 0 rings (SSSR count). The zero-order valence-electron chi connectivity index (χ0n) is 12.0. The number of hydrogen-bond acceptors (Lipinski definition) is 2. The quantitative estimate of drug-likeness (QED) is 0.490. The smallest absolute Gasteiger partial charge is 0.0466 e. The summed E-state index contributed by atoms with van der Waals surface area (Å²) in [5.74, 6) is 0. The van der Waals surface area contributed by atoms with Crippen LogP contribution in [0.3, 0.4) is 0 Å². The van der Waals surface area contributed by atoms with E-state index in [0.717, 1.165) is 26.1 Å². The first kappa shape index (κ1) is 16.9. The molecule has 2 heteroatoms. The summed E-state index contributed by atoms with van der Waals surface area (Å²) in [7, 11) is 0. The highest BCUT2D eigenvalue weighted by Crippen LogP contribution is 2.10. The lowest BCUT2D eigenvalue weighted by Crippen LogP contribution is -2.20. The van der Waals surface area contributed by atoms with E-state index in [4.69, 9.17) is 10.5 Å². The van der Waals surface area contributed by atoms with Gasteiger partial charge in [-0.1, -0.05) is 51.9 Å². The van der Waals surface area contributed by atoms with E-state index in [1.165, 1.54) is 51.4 Å². The first-order valence-corrected chi connectivity index (χ1v) is 7.64. The van der Waals surface area contributed by atoms with E-state index in [-0.39, 0.29) is 0 Å². The molecule has 0 amide bonds. The minimum atomic E-state index is 0.395. The Bertz CT molecular complexity index is 139. The summed E-state index contributed by atoms with van der Waals surface area (Å²) in [6.45, 7) is 6.01. The Morgan fingerprint density at radius 2 is 1.41 bits per heavy atom. The van der Waals surface area contributed by atoms with E-state index in [1.807, 2.05) is 6.92 Å². The molecule has 0 spiro atoms. The molecule has 104 valence electrons. The van der Waals surface area contributed by atoms with Gasteiger partial charge in [-0.2, -0.15) is 0 Å². The molecule has 0 fully saturated rings. The van der Waals surface area contributed by atoms with Crippen LogP contribution >= 0.6 is 0 Å². The summed E-state index contributed by atoms with van der Waals surface area (Å²) < 4.78 is 5.31. The zero-order valence-corrected chi connectivity index (χ0v) is 12.0. The topological polar surface area (TPSA) is 35.2 Å². The zero-order chi connectivity index (χ0) is 12.8. The minimum absolute atomic E-state index is 0.395. The van der Waals surface area contributed by atoms with Crippen LogP contribution in [0.5, 0.6) is 0 Å². The van der Waals surface area contributed by atoms with Crippen molar-refractivity contribution in [2.75, 3.05) is 13.2 Å². The average Bonchev–Trinajstić information content (AvgIpc) is 2.33. The van der Waals surface area contributed by atoms with Crippen LogP contribution in [0.25, 0.3) is 0 Å². The van der Waals surface area contributed by atoms with E-state index in [9.17, 15) is 0 Å². The second kappa shape index (κ2) is 14.0. The van der Waals surface area contributed by atoms with Gasteiger partial charge in [-0.25, -0.2) is 0 Å². The second-order valence-electron chi connectivity index (χ2n) is 5.01. The average molecular weight is 243 g/mol. The molecule has 0 bridgehead atoms. The first-order chi connectivity index (χ1) is 8.31. The van der Waals surface area contributed by atoms with E-state index in [1.54, 1.807) is 0 Å². The SMILES string of the molecule is CCCCCCCCCC(N)CCCOCC. The minimum Gasteiger partial charge on any atom is -0.382 e. The van der Waals surface area contributed by atoms with Crippen LogP contribution < -0.4 is 5.73 Å². The molecule has 2 N–H and O–H groups in total. The lowest BCUT2D eigenvalue weighted by atomic mass is 10.0. The van der Waals surface area contributed by atoms with Crippen molar-refractivity contribution in [3.63, 3.8) is 0 Å². The molecule has 0 radical (unpaired) electrons. The van der Waals surface area contributed by atoms with Crippen LogP contribution in [-0.2, 0) is 4.74 Å². The van der Waals surface area contributed by atoms with Gasteiger partial charge in [0.05, 0.1) is 0 Å². The summed E-state index contributed by atoms with van der Waals surface area (Å²) in [6.07, 6.45) is 13.1. The molecule has 17 heavy (non-hydrogen) atoms. The van der Waals surface area contributed by atoms with Crippen molar-refractivity contribution in [1.29, 1.82) is 0 Å². The van der Waals surface area contributed by atoms with Crippen molar-refractivity contribution in [1.82, 2.24) is 0 Å². The highest BCUT2D eigenvalue weighted by molar-refractivity contribution is 4.61. The fourth-order valence-electron chi connectivity index (χ4n) is 2.10. The Kier molecular flexibility index (Phi) is 13.9. The third kappa shape index (κ3) is 13.9. The van der Waals surface area contributed by atoms with E-state index >= 15 is 0 Å². The number of nitrogens with two attached hydrogens (primary N) is 1. The van der Waals surface area contributed by atoms with Gasteiger partial charge in [-0.15, -0.1) is 0 Å². The van der Waals surface area contributed by atoms with Gasteiger partial charge in [0.15, 0.2) is 0 Å². The molecule has 0 aromatic carbocycles. The first-order valence-electron chi connectivity index (χ1n) is 7.64. The number of ether oxygens (including phenoxy) is 1. The molecular weight excluding hydrogens is 210 g/mol. The van der Waals surface area contributed by atoms with Crippen LogP contribution in [0.15, 0.2) is 0 Å². The Morgan fingerprint density at radius 1 is 0.824 bits per heavy atom. The van der Waals surface area contributed by atoms with Gasteiger partial charge in [0, 0.05) is 19.3 Å². The lowest BCUT2D eigenvalue weighted by molar-refractivity contribution is 0.141. The fourth-order valence-corrected chi connectivity index (χ4v) is 2.10. The van der Waals surface area contributed by atoms with Gasteiger partial charge in [0.2, 0.25) is 0 Å². The van der Waals surface area contributed by atoms with Gasteiger partial charge in [-0.05, 0) is 26.2 Å². The summed E-state index contributed by atoms with van der Waals surface area (Å²) in [4.78, 5) is 0. The Morgan fingerprint density at radius 3 is 2.06 bits per heavy atom. The molecule has 1 atom stereocenters. The van der Waals surface area contributed by atoms with Crippen LogP contribution in [0.2, 0.25) is 0 Å². The van der Waals surface area contributed by atoms with Crippen molar-refractivity contribution in [2.45, 2.75) is 84.1 Å². The predicted octanol–water partition coefficient (Wildman–Crippen LogP) is 4.27. The van der Waals surface area contributed by atoms with Crippen molar-refractivity contribution in [2.24, 2.45) is 5.73 Å². The van der Waals surface area contributed by atoms with E-state index in [2.05, 4.69) is 6.92 Å². The highest BCUT2D eigenvalue weighted by Gasteiger charge is 2.01. The van der Waals surface area contributed by atoms with Gasteiger partial charge in [-0.3, -0.25) is 0 Å². The Labute approximate surface area is 108 Å². The van der Waals surface area contributed by atoms with Crippen molar-refractivity contribution < 1.29 is 4.74 Å². The molecular formula is C15H33NO.